The summed E-state index contributed by atoms with van der Waals surface area (Å²) in [5, 5.41) is 4.07. The van der Waals surface area contributed by atoms with Gasteiger partial charge >= 0.3 is 0 Å². The van der Waals surface area contributed by atoms with E-state index in [0.717, 1.165) is 34.9 Å². The van der Waals surface area contributed by atoms with Gasteiger partial charge in [-0.05, 0) is 41.5 Å². The Morgan fingerprint density at radius 3 is 2.80 bits per heavy atom. The smallest absolute Gasteiger partial charge is 0.123 e. The summed E-state index contributed by atoms with van der Waals surface area (Å²) in [4.78, 5) is 0. The predicted octanol–water partition coefficient (Wildman–Crippen LogP) is 3.57. The maximum atomic E-state index is 12.8. The van der Waals surface area contributed by atoms with Crippen molar-refractivity contribution in [1.82, 2.24) is 5.32 Å². The van der Waals surface area contributed by atoms with Crippen LogP contribution in [-0.4, -0.2) is 12.6 Å². The number of hydrogen-bond donors (Lipinski definition) is 1. The second kappa shape index (κ2) is 5.81. The van der Waals surface area contributed by atoms with Gasteiger partial charge in [-0.15, -0.1) is 0 Å². The van der Waals surface area contributed by atoms with E-state index in [4.69, 9.17) is 16.3 Å². The second-order valence-electron chi connectivity index (χ2n) is 4.95. The van der Waals surface area contributed by atoms with Crippen molar-refractivity contribution in [3.8, 4) is 5.75 Å². The van der Waals surface area contributed by atoms with Crippen LogP contribution in [0.1, 0.15) is 11.1 Å². The average Bonchev–Trinajstić information content (AvgIpc) is 2.83. The van der Waals surface area contributed by atoms with Crippen molar-refractivity contribution in [3.05, 3.63) is 64.4 Å². The molecule has 0 aliphatic carbocycles. The SMILES string of the molecule is Fc1ccc(CNCC2Cc3cc(Cl)ccc3O2)cc1. The average molecular weight is 292 g/mol. The minimum atomic E-state index is -0.208. The van der Waals surface area contributed by atoms with E-state index in [-0.39, 0.29) is 11.9 Å². The van der Waals surface area contributed by atoms with Crippen molar-refractivity contribution in [2.45, 2.75) is 19.1 Å². The summed E-state index contributed by atoms with van der Waals surface area (Å²) >= 11 is 5.97. The summed E-state index contributed by atoms with van der Waals surface area (Å²) < 4.78 is 18.6. The van der Waals surface area contributed by atoms with Crippen molar-refractivity contribution in [2.24, 2.45) is 0 Å². The zero-order chi connectivity index (χ0) is 13.9. The Bertz CT molecular complexity index is 600. The van der Waals surface area contributed by atoms with E-state index in [9.17, 15) is 4.39 Å². The van der Waals surface area contributed by atoms with E-state index in [1.807, 2.05) is 18.2 Å². The largest absolute Gasteiger partial charge is 0.488 e. The first-order chi connectivity index (χ1) is 9.70. The minimum Gasteiger partial charge on any atom is -0.488 e. The van der Waals surface area contributed by atoms with Crippen LogP contribution in [-0.2, 0) is 13.0 Å². The molecule has 1 atom stereocenters. The lowest BCUT2D eigenvalue weighted by atomic mass is 10.1. The molecule has 0 aromatic heterocycles. The minimum absolute atomic E-state index is 0.129. The highest BCUT2D eigenvalue weighted by Crippen LogP contribution is 2.30. The molecule has 1 aliphatic rings. The van der Waals surface area contributed by atoms with Gasteiger partial charge in [-0.2, -0.15) is 0 Å². The Labute approximate surface area is 122 Å². The molecule has 1 heterocycles. The highest BCUT2D eigenvalue weighted by atomic mass is 35.5. The summed E-state index contributed by atoms with van der Waals surface area (Å²) in [6, 6.07) is 12.2. The van der Waals surface area contributed by atoms with Crippen LogP contribution in [0.2, 0.25) is 5.02 Å². The quantitative estimate of drug-likeness (QED) is 0.930. The topological polar surface area (TPSA) is 21.3 Å². The van der Waals surface area contributed by atoms with Crippen LogP contribution >= 0.6 is 11.6 Å². The van der Waals surface area contributed by atoms with E-state index in [1.165, 1.54) is 12.1 Å². The van der Waals surface area contributed by atoms with Gasteiger partial charge in [0.15, 0.2) is 0 Å². The van der Waals surface area contributed by atoms with Crippen LogP contribution in [0.5, 0.6) is 5.75 Å². The van der Waals surface area contributed by atoms with Gasteiger partial charge in [0, 0.05) is 24.5 Å². The normalized spacial score (nSPS) is 16.8. The van der Waals surface area contributed by atoms with E-state index < -0.39 is 0 Å². The lowest BCUT2D eigenvalue weighted by Crippen LogP contribution is -2.29. The molecule has 1 N–H and O–H groups in total. The Morgan fingerprint density at radius 2 is 2.00 bits per heavy atom. The van der Waals surface area contributed by atoms with Gasteiger partial charge in [0.2, 0.25) is 0 Å². The lowest BCUT2D eigenvalue weighted by Gasteiger charge is -2.11. The number of fused-ring (bicyclic) bond motifs is 1. The van der Waals surface area contributed by atoms with Crippen LogP contribution in [0.4, 0.5) is 4.39 Å². The van der Waals surface area contributed by atoms with Crippen LogP contribution in [0.25, 0.3) is 0 Å². The van der Waals surface area contributed by atoms with Gasteiger partial charge in [0.05, 0.1) is 0 Å². The first kappa shape index (κ1) is 13.4. The molecule has 0 spiro atoms. The number of nitrogens with one attached hydrogen (secondary N) is 1. The fraction of sp³-hybridized carbons (Fsp3) is 0.250. The van der Waals surface area contributed by atoms with Crippen LogP contribution in [0.15, 0.2) is 42.5 Å². The number of benzene rings is 2. The molecule has 0 saturated carbocycles. The zero-order valence-electron chi connectivity index (χ0n) is 10.9. The molecule has 0 amide bonds. The number of rotatable bonds is 4. The molecule has 20 heavy (non-hydrogen) atoms. The highest BCUT2D eigenvalue weighted by molar-refractivity contribution is 6.30. The van der Waals surface area contributed by atoms with Crippen molar-refractivity contribution in [3.63, 3.8) is 0 Å². The molecule has 0 saturated heterocycles. The van der Waals surface area contributed by atoms with Crippen molar-refractivity contribution < 1.29 is 9.13 Å². The Kier molecular flexibility index (Phi) is 3.90. The Morgan fingerprint density at radius 1 is 1.20 bits per heavy atom. The molecule has 1 aliphatic heterocycles. The first-order valence-corrected chi connectivity index (χ1v) is 6.99. The summed E-state index contributed by atoms with van der Waals surface area (Å²) in [5.41, 5.74) is 2.22. The van der Waals surface area contributed by atoms with Crippen molar-refractivity contribution in [1.29, 1.82) is 0 Å². The maximum Gasteiger partial charge on any atom is 0.123 e. The van der Waals surface area contributed by atoms with Gasteiger partial charge in [0.1, 0.15) is 17.7 Å². The molecule has 4 heteroatoms. The van der Waals surface area contributed by atoms with E-state index in [2.05, 4.69) is 5.32 Å². The molecule has 2 aromatic carbocycles. The van der Waals surface area contributed by atoms with E-state index >= 15 is 0 Å². The molecule has 0 fully saturated rings. The van der Waals surface area contributed by atoms with Gasteiger partial charge in [-0.25, -0.2) is 4.39 Å². The molecule has 3 rings (SSSR count). The van der Waals surface area contributed by atoms with E-state index in [1.54, 1.807) is 12.1 Å². The van der Waals surface area contributed by atoms with Gasteiger partial charge < -0.3 is 10.1 Å². The Balaban J connectivity index is 1.50. The fourth-order valence-electron chi connectivity index (χ4n) is 2.38. The zero-order valence-corrected chi connectivity index (χ0v) is 11.7. The van der Waals surface area contributed by atoms with Gasteiger partial charge in [-0.3, -0.25) is 0 Å². The number of hydrogen-bond acceptors (Lipinski definition) is 2. The Hall–Kier alpha value is -1.58. The second-order valence-corrected chi connectivity index (χ2v) is 5.39. The molecule has 104 valence electrons. The van der Waals surface area contributed by atoms with Crippen molar-refractivity contribution >= 4 is 11.6 Å². The highest BCUT2D eigenvalue weighted by Gasteiger charge is 2.22. The monoisotopic (exact) mass is 291 g/mol. The van der Waals surface area contributed by atoms with Gasteiger partial charge in [-0.1, -0.05) is 23.7 Å². The molecule has 0 bridgehead atoms. The van der Waals surface area contributed by atoms with Crippen LogP contribution < -0.4 is 10.1 Å². The number of ether oxygens (including phenoxy) is 1. The molecule has 0 radical (unpaired) electrons. The fourth-order valence-corrected chi connectivity index (χ4v) is 2.58. The molecule has 2 aromatic rings. The van der Waals surface area contributed by atoms with Crippen molar-refractivity contribution in [2.75, 3.05) is 6.54 Å². The first-order valence-electron chi connectivity index (χ1n) is 6.61. The van der Waals surface area contributed by atoms with Crippen LogP contribution in [0, 0.1) is 5.82 Å². The summed E-state index contributed by atoms with van der Waals surface area (Å²) in [6.07, 6.45) is 0.996. The molecular formula is C16H15ClFNO. The third-order valence-electron chi connectivity index (χ3n) is 3.38. The van der Waals surface area contributed by atoms with E-state index in [0.29, 0.717) is 6.54 Å². The standard InChI is InChI=1S/C16H15ClFNO/c17-13-3-6-16-12(7-13)8-15(20-16)10-19-9-11-1-4-14(18)5-2-11/h1-7,15,19H,8-10H2. The third-order valence-corrected chi connectivity index (χ3v) is 3.61. The molecule has 1 unspecified atom stereocenters. The summed E-state index contributed by atoms with van der Waals surface area (Å²) in [7, 11) is 0. The summed E-state index contributed by atoms with van der Waals surface area (Å²) in [5.74, 6) is 0.711. The lowest BCUT2D eigenvalue weighted by molar-refractivity contribution is 0.227. The molecular weight excluding hydrogens is 277 g/mol. The van der Waals surface area contributed by atoms with Gasteiger partial charge in [0.25, 0.3) is 0 Å². The molecule has 2 nitrogen and oxygen atoms in total. The maximum absolute atomic E-state index is 12.8. The van der Waals surface area contributed by atoms with Crippen LogP contribution in [0.3, 0.4) is 0 Å². The summed E-state index contributed by atoms with van der Waals surface area (Å²) in [6.45, 7) is 1.46. The number of halogens is 2. The third kappa shape index (κ3) is 3.11. The predicted molar refractivity (Wildman–Crippen MR) is 77.7 cm³/mol.